The normalized spacial score (nSPS) is 15.6. The highest BCUT2D eigenvalue weighted by Gasteiger charge is 2.31. The van der Waals surface area contributed by atoms with Gasteiger partial charge in [-0.1, -0.05) is 29.8 Å². The second-order valence-corrected chi connectivity index (χ2v) is 10.3. The first-order valence-electron chi connectivity index (χ1n) is 10.4. The minimum Gasteiger partial charge on any atom is -0.492 e. The van der Waals surface area contributed by atoms with Crippen LogP contribution in [0.1, 0.15) is 29.5 Å². The Labute approximate surface area is 189 Å². The lowest BCUT2D eigenvalue weighted by Crippen LogP contribution is -2.43. The van der Waals surface area contributed by atoms with Crippen molar-refractivity contribution in [2.24, 2.45) is 5.92 Å². The molecule has 1 aliphatic rings. The Bertz CT molecular complexity index is 1000. The van der Waals surface area contributed by atoms with Crippen molar-refractivity contribution < 1.29 is 17.9 Å². The number of hydrogen-bond donors (Lipinski definition) is 1. The lowest BCUT2D eigenvalue weighted by Gasteiger charge is -2.30. The second-order valence-electron chi connectivity index (χ2n) is 7.94. The van der Waals surface area contributed by atoms with Crippen LogP contribution in [0, 0.1) is 19.8 Å². The van der Waals surface area contributed by atoms with Crippen LogP contribution in [0.15, 0.2) is 42.5 Å². The second kappa shape index (κ2) is 10.5. The molecule has 1 saturated heterocycles. The summed E-state index contributed by atoms with van der Waals surface area (Å²) < 4.78 is 32.5. The first-order chi connectivity index (χ1) is 14.7. The highest BCUT2D eigenvalue weighted by Crippen LogP contribution is 2.22. The van der Waals surface area contributed by atoms with Gasteiger partial charge in [0, 0.05) is 24.0 Å². The van der Waals surface area contributed by atoms with Crippen LogP contribution >= 0.6 is 11.6 Å². The van der Waals surface area contributed by atoms with Gasteiger partial charge < -0.3 is 10.1 Å². The third-order valence-electron chi connectivity index (χ3n) is 5.63. The van der Waals surface area contributed by atoms with Crippen LogP contribution in [-0.2, 0) is 20.6 Å². The monoisotopic (exact) mass is 464 g/mol. The van der Waals surface area contributed by atoms with E-state index in [-0.39, 0.29) is 17.6 Å². The third-order valence-corrected chi connectivity index (χ3v) is 7.73. The highest BCUT2D eigenvalue weighted by atomic mass is 35.5. The van der Waals surface area contributed by atoms with E-state index in [1.54, 1.807) is 24.3 Å². The SMILES string of the molecule is Cc1ccc(OCCNC(=O)C2CCN(S(=O)(=O)Cc3ccc(Cl)cc3)CC2)cc1C. The molecule has 1 fully saturated rings. The van der Waals surface area contributed by atoms with Crippen LogP contribution in [0.5, 0.6) is 5.75 Å². The Morgan fingerprint density at radius 3 is 2.42 bits per heavy atom. The van der Waals surface area contributed by atoms with Crippen molar-refractivity contribution >= 4 is 27.5 Å². The van der Waals surface area contributed by atoms with Gasteiger partial charge in [0.1, 0.15) is 12.4 Å². The van der Waals surface area contributed by atoms with E-state index in [0.29, 0.717) is 49.7 Å². The number of carbonyl (C=O) groups excluding carboxylic acids is 1. The Balaban J connectivity index is 1.40. The number of piperidine rings is 1. The molecule has 0 spiro atoms. The smallest absolute Gasteiger partial charge is 0.223 e. The largest absolute Gasteiger partial charge is 0.492 e. The zero-order chi connectivity index (χ0) is 22.4. The van der Waals surface area contributed by atoms with Gasteiger partial charge in [-0.2, -0.15) is 0 Å². The molecule has 0 saturated carbocycles. The number of benzene rings is 2. The third kappa shape index (κ3) is 6.69. The van der Waals surface area contributed by atoms with Crippen molar-refractivity contribution in [2.75, 3.05) is 26.2 Å². The van der Waals surface area contributed by atoms with E-state index in [1.807, 2.05) is 32.0 Å². The maximum absolute atomic E-state index is 12.7. The number of nitrogens with zero attached hydrogens (tertiary/aromatic N) is 1. The van der Waals surface area contributed by atoms with Gasteiger partial charge in [0.2, 0.25) is 15.9 Å². The van der Waals surface area contributed by atoms with Gasteiger partial charge in [0.15, 0.2) is 0 Å². The number of halogens is 1. The first kappa shape index (κ1) is 23.6. The standard InChI is InChI=1S/C23H29ClN2O4S/c1-17-3-8-22(15-18(17)2)30-14-11-25-23(27)20-9-12-26(13-10-20)31(28,29)16-19-4-6-21(24)7-5-19/h3-8,15,20H,9-14,16H2,1-2H3,(H,25,27). The predicted octanol–water partition coefficient (Wildman–Crippen LogP) is 3.69. The van der Waals surface area contributed by atoms with Gasteiger partial charge in [-0.05, 0) is 67.6 Å². The van der Waals surface area contributed by atoms with E-state index in [2.05, 4.69) is 5.32 Å². The number of rotatable bonds is 8. The molecule has 3 rings (SSSR count). The fourth-order valence-electron chi connectivity index (χ4n) is 3.57. The summed E-state index contributed by atoms with van der Waals surface area (Å²) in [6.45, 7) is 5.60. The minimum absolute atomic E-state index is 0.0431. The molecule has 0 aliphatic carbocycles. The predicted molar refractivity (Wildman–Crippen MR) is 123 cm³/mol. The van der Waals surface area contributed by atoms with Gasteiger partial charge in [-0.15, -0.1) is 0 Å². The van der Waals surface area contributed by atoms with E-state index in [4.69, 9.17) is 16.3 Å². The van der Waals surface area contributed by atoms with Gasteiger partial charge in [-0.3, -0.25) is 4.79 Å². The van der Waals surface area contributed by atoms with E-state index < -0.39 is 10.0 Å². The first-order valence-corrected chi connectivity index (χ1v) is 12.4. The number of ether oxygens (including phenoxy) is 1. The van der Waals surface area contributed by atoms with Crippen molar-refractivity contribution in [1.29, 1.82) is 0 Å². The Morgan fingerprint density at radius 1 is 1.10 bits per heavy atom. The fourth-order valence-corrected chi connectivity index (χ4v) is 5.26. The molecule has 0 bridgehead atoms. The highest BCUT2D eigenvalue weighted by molar-refractivity contribution is 7.88. The number of amides is 1. The number of aryl methyl sites for hydroxylation is 2. The molecule has 2 aromatic rings. The summed E-state index contributed by atoms with van der Waals surface area (Å²) in [6.07, 6.45) is 1.04. The van der Waals surface area contributed by atoms with Gasteiger partial charge >= 0.3 is 0 Å². The number of carbonyl (C=O) groups is 1. The Kier molecular flexibility index (Phi) is 7.97. The summed E-state index contributed by atoms with van der Waals surface area (Å²) in [4.78, 5) is 12.4. The average Bonchev–Trinajstić information content (AvgIpc) is 2.75. The van der Waals surface area contributed by atoms with Crippen LogP contribution in [0.4, 0.5) is 0 Å². The molecule has 1 amide bonds. The summed E-state index contributed by atoms with van der Waals surface area (Å²) in [6, 6.07) is 12.7. The van der Waals surface area contributed by atoms with E-state index in [9.17, 15) is 13.2 Å². The lowest BCUT2D eigenvalue weighted by molar-refractivity contribution is -0.126. The molecule has 1 heterocycles. The molecule has 6 nitrogen and oxygen atoms in total. The molecule has 8 heteroatoms. The zero-order valence-electron chi connectivity index (χ0n) is 17.9. The molecule has 2 aromatic carbocycles. The molecular weight excluding hydrogens is 436 g/mol. The number of nitrogens with one attached hydrogen (secondary N) is 1. The summed E-state index contributed by atoms with van der Waals surface area (Å²) in [7, 11) is -3.42. The summed E-state index contributed by atoms with van der Waals surface area (Å²) in [5.41, 5.74) is 3.08. The molecular formula is C23H29ClN2O4S. The molecule has 1 N–H and O–H groups in total. The Hall–Kier alpha value is -2.09. The maximum atomic E-state index is 12.7. The average molecular weight is 465 g/mol. The quantitative estimate of drug-likeness (QED) is 0.604. The molecule has 0 atom stereocenters. The topological polar surface area (TPSA) is 75.7 Å². The molecule has 1 aliphatic heterocycles. The molecule has 168 valence electrons. The summed E-state index contributed by atoms with van der Waals surface area (Å²) in [5, 5.41) is 3.48. The Morgan fingerprint density at radius 2 is 1.77 bits per heavy atom. The fraction of sp³-hybridized carbons (Fsp3) is 0.435. The minimum atomic E-state index is -3.42. The van der Waals surface area contributed by atoms with Crippen LogP contribution < -0.4 is 10.1 Å². The number of hydrogen-bond acceptors (Lipinski definition) is 4. The van der Waals surface area contributed by atoms with E-state index >= 15 is 0 Å². The van der Waals surface area contributed by atoms with Crippen molar-refractivity contribution in [2.45, 2.75) is 32.4 Å². The van der Waals surface area contributed by atoms with E-state index in [1.165, 1.54) is 15.4 Å². The van der Waals surface area contributed by atoms with Crippen LogP contribution in [0.3, 0.4) is 0 Å². The molecule has 31 heavy (non-hydrogen) atoms. The lowest BCUT2D eigenvalue weighted by atomic mass is 9.97. The number of sulfonamides is 1. The summed E-state index contributed by atoms with van der Waals surface area (Å²) in [5.74, 6) is 0.509. The maximum Gasteiger partial charge on any atom is 0.223 e. The van der Waals surface area contributed by atoms with Crippen molar-refractivity contribution in [3.8, 4) is 5.75 Å². The van der Waals surface area contributed by atoms with Crippen molar-refractivity contribution in [3.63, 3.8) is 0 Å². The van der Waals surface area contributed by atoms with Gasteiger partial charge in [0.05, 0.1) is 12.3 Å². The van der Waals surface area contributed by atoms with Crippen LogP contribution in [0.25, 0.3) is 0 Å². The van der Waals surface area contributed by atoms with Gasteiger partial charge in [0.25, 0.3) is 0 Å². The molecule has 0 aromatic heterocycles. The summed E-state index contributed by atoms with van der Waals surface area (Å²) >= 11 is 5.86. The van der Waals surface area contributed by atoms with Crippen molar-refractivity contribution in [1.82, 2.24) is 9.62 Å². The van der Waals surface area contributed by atoms with Crippen molar-refractivity contribution in [3.05, 3.63) is 64.2 Å². The van der Waals surface area contributed by atoms with Crippen LogP contribution in [-0.4, -0.2) is 44.9 Å². The van der Waals surface area contributed by atoms with Crippen LogP contribution in [0.2, 0.25) is 5.02 Å². The zero-order valence-corrected chi connectivity index (χ0v) is 19.5. The molecule has 0 unspecified atom stereocenters. The van der Waals surface area contributed by atoms with Gasteiger partial charge in [-0.25, -0.2) is 12.7 Å². The van der Waals surface area contributed by atoms with E-state index in [0.717, 1.165) is 5.75 Å². The molecule has 0 radical (unpaired) electrons.